The van der Waals surface area contributed by atoms with Gasteiger partial charge in [-0.2, -0.15) is 12.6 Å². The van der Waals surface area contributed by atoms with E-state index < -0.39 is 119 Å². The molecule has 0 bridgehead atoms. The molecule has 1 saturated heterocycles. The van der Waals surface area contributed by atoms with Gasteiger partial charge in [0.2, 0.25) is 0 Å². The van der Waals surface area contributed by atoms with Gasteiger partial charge < -0.3 is 34.8 Å². The first kappa shape index (κ1) is 64.7. The van der Waals surface area contributed by atoms with Gasteiger partial charge in [0, 0.05) is 53.0 Å². The average molecular weight is 1180 g/mol. The number of ether oxygens (including phenoxy) is 1. The highest BCUT2D eigenvalue weighted by atomic mass is 35.5. The van der Waals surface area contributed by atoms with Crippen molar-refractivity contribution in [2.75, 3.05) is 19.6 Å². The Balaban J connectivity index is 0.00000147. The van der Waals surface area contributed by atoms with Crippen LogP contribution in [0.5, 0.6) is 5.75 Å². The maximum absolute atomic E-state index is 13.9. The van der Waals surface area contributed by atoms with Crippen molar-refractivity contribution in [1.29, 1.82) is 0 Å². The molecule has 0 radical (unpaired) electrons. The number of nitrogens with two attached hydrogens (primary N) is 1. The van der Waals surface area contributed by atoms with Gasteiger partial charge >= 0.3 is 11.9 Å². The fraction of sp³-hybridized carbons (Fsp3) is 0.566. The third kappa shape index (κ3) is 13.9. The van der Waals surface area contributed by atoms with Gasteiger partial charge in [-0.3, -0.25) is 14.4 Å². The molecule has 1 saturated carbocycles. The molecule has 23 heteroatoms. The molecule has 2 amide bonds. The van der Waals surface area contributed by atoms with Crippen molar-refractivity contribution in [3.05, 3.63) is 82.4 Å². The topological polar surface area (TPSA) is 280 Å². The number of imide groups is 1. The zero-order chi connectivity index (χ0) is 56.4. The second-order valence-corrected chi connectivity index (χ2v) is 25.4. The number of halogens is 3. The number of thiol groups is 1. The maximum atomic E-state index is 13.9. The molecule has 2 aromatic rings. The smallest absolute Gasteiger partial charge is 0.337 e. The molecule has 2 aromatic carbocycles. The quantitative estimate of drug-likeness (QED) is 0.0424. The van der Waals surface area contributed by atoms with E-state index in [1.54, 1.807) is 12.1 Å². The highest BCUT2D eigenvalue weighted by Gasteiger charge is 2.48. The maximum Gasteiger partial charge on any atom is 0.337 e. The lowest BCUT2D eigenvalue weighted by Gasteiger charge is -2.46. The SMILES string of the molecule is C.CC1CC(C)(C)CC2C1=CC1=C(c3c(Cl)c(C(S)C(=O)CNCCCCC(=O)ON4C(=O)CCC4=O)c(Cl)c(Cl)c3C(=O)O)c3cc4c(c(S(=O)(=O)[O-])c3OC1=C2S(=O)(=O)[O-])CC(C)(C)CC4C.CCCC.CCN. The number of amides is 2. The predicted octanol–water partition coefficient (Wildman–Crippen LogP) is 10.6. The minimum atomic E-state index is -5.49. The van der Waals surface area contributed by atoms with E-state index in [4.69, 9.17) is 50.1 Å². The summed E-state index contributed by atoms with van der Waals surface area (Å²) in [6, 6.07) is 1.56. The standard InChI is InChI=1S/C46H51Cl3N2O14S3.C4H10.C2H7N.CH4/c1-20-15-45(3,4)17-26-22(20)13-24-32(25-14-23-21(2)16-46(5,6)18-27(23)43(68(61,62)63)40(25)64-39(24)42(26)67(58,59)60)33-34(44(56)57)37(48)38(49)35(36(33)47)41(66)28(52)19-50-12-8-7-9-31(55)65-51-29(53)10-11-30(51)54;1-3-4-2;1-2-3;/h13-14,20-21,26,41,50,66H,7-12,15-19H2,1-6H3,(H,56,57)(H,58,59,60)(H,61,62,63);3-4H2,1-2H3;2-3H2,1H3;1H4/p-2. The van der Waals surface area contributed by atoms with Crippen molar-refractivity contribution in [2.24, 2.45) is 28.4 Å². The third-order valence-corrected chi connectivity index (χ3v) is 17.5. The van der Waals surface area contributed by atoms with Gasteiger partial charge in [-0.25, -0.2) is 26.4 Å². The van der Waals surface area contributed by atoms with E-state index in [-0.39, 0.29) is 98.7 Å². The fourth-order valence-corrected chi connectivity index (χ4v) is 14.0. The molecule has 4 unspecified atom stereocenters. The van der Waals surface area contributed by atoms with E-state index in [1.807, 2.05) is 48.5 Å². The number of unbranched alkanes of at least 4 members (excludes halogenated alkanes) is 2. The van der Waals surface area contributed by atoms with Gasteiger partial charge in [0.1, 0.15) is 30.9 Å². The molecule has 5 aliphatic rings. The molecule has 76 heavy (non-hydrogen) atoms. The molecule has 2 fully saturated rings. The molecule has 0 spiro atoms. The lowest BCUT2D eigenvalue weighted by atomic mass is 9.63. The number of carbonyl (C=O) groups is 5. The zero-order valence-electron chi connectivity index (χ0n) is 43.5. The summed E-state index contributed by atoms with van der Waals surface area (Å²) >= 11 is 25.5. The number of nitrogens with one attached hydrogen (secondary N) is 1. The van der Waals surface area contributed by atoms with Gasteiger partial charge in [0.25, 0.3) is 11.8 Å². The number of hydrogen-bond donors (Lipinski definition) is 4. The summed E-state index contributed by atoms with van der Waals surface area (Å²) in [6.07, 6.45) is 5.94. The number of fused-ring (bicyclic) bond motifs is 4. The van der Waals surface area contributed by atoms with Crippen LogP contribution < -0.4 is 15.8 Å². The first-order chi connectivity index (χ1) is 34.8. The number of carboxylic acids is 1. The van der Waals surface area contributed by atoms with Gasteiger partial charge in [-0.15, -0.1) is 5.06 Å². The van der Waals surface area contributed by atoms with Crippen molar-refractivity contribution in [2.45, 2.75) is 156 Å². The Morgan fingerprint density at radius 1 is 0.921 bits per heavy atom. The fourth-order valence-electron chi connectivity index (χ4n) is 10.7. The number of ketones is 1. The number of Topliss-reactive ketones (excluding diaryl/α,β-unsaturated/α-hetero) is 1. The minimum Gasteiger partial charge on any atom is -0.744 e. The molecule has 4 atom stereocenters. The molecule has 7 rings (SSSR count). The summed E-state index contributed by atoms with van der Waals surface area (Å²) in [5.74, 6) is -7.33. The molecule has 0 aromatic heterocycles. The molecule has 17 nitrogen and oxygen atoms in total. The Morgan fingerprint density at radius 3 is 2.04 bits per heavy atom. The number of hydroxylamine groups is 2. The van der Waals surface area contributed by atoms with Gasteiger partial charge in [-0.05, 0) is 91.5 Å². The second kappa shape index (κ2) is 25.5. The van der Waals surface area contributed by atoms with E-state index in [0.29, 0.717) is 35.5 Å². The highest BCUT2D eigenvalue weighted by Crippen LogP contribution is 2.59. The second-order valence-electron chi connectivity index (χ2n) is 21.1. The van der Waals surface area contributed by atoms with Crippen LogP contribution in [0.3, 0.4) is 0 Å². The van der Waals surface area contributed by atoms with Crippen LogP contribution in [0.25, 0.3) is 5.57 Å². The normalized spacial score (nSPS) is 20.7. The Morgan fingerprint density at radius 2 is 1.50 bits per heavy atom. The number of aromatic carboxylic acids is 1. The van der Waals surface area contributed by atoms with Gasteiger partial charge in [0.15, 0.2) is 11.5 Å². The number of rotatable bonds is 15. The number of carbonyl (C=O) groups excluding carboxylic acids is 4. The van der Waals surface area contributed by atoms with Crippen LogP contribution in [-0.4, -0.2) is 85.3 Å². The summed E-state index contributed by atoms with van der Waals surface area (Å²) in [7, 11) is -11.0. The van der Waals surface area contributed by atoms with Crippen molar-refractivity contribution in [3.8, 4) is 5.75 Å². The molecule has 4 N–H and O–H groups in total. The Bertz CT molecular complexity index is 2970. The van der Waals surface area contributed by atoms with Crippen LogP contribution in [0.4, 0.5) is 0 Å². The van der Waals surface area contributed by atoms with Crippen molar-refractivity contribution in [1.82, 2.24) is 10.4 Å². The molecular weight excluding hydrogens is 1110 g/mol. The number of nitrogens with zero attached hydrogens (tertiary/aromatic N) is 1. The lowest BCUT2D eigenvalue weighted by molar-refractivity contribution is -0.197. The third-order valence-electron chi connectivity index (χ3n) is 13.7. The van der Waals surface area contributed by atoms with Crippen molar-refractivity contribution < 1.29 is 64.6 Å². The number of allylic oxidation sites excluding steroid dienone is 3. The number of benzene rings is 2. The van der Waals surface area contributed by atoms with Crippen molar-refractivity contribution in [3.63, 3.8) is 0 Å². The summed E-state index contributed by atoms with van der Waals surface area (Å²) in [5.41, 5.74) is 2.90. The summed E-state index contributed by atoms with van der Waals surface area (Å²) in [6.45, 7) is 18.2. The van der Waals surface area contributed by atoms with Crippen LogP contribution >= 0.6 is 47.4 Å². The Kier molecular flexibility index (Phi) is 21.7. The first-order valence-electron chi connectivity index (χ1n) is 24.9. The van der Waals surface area contributed by atoms with Crippen LogP contribution in [0.2, 0.25) is 15.1 Å². The first-order valence-corrected chi connectivity index (χ1v) is 29.4. The monoisotopic (exact) mass is 1170 g/mol. The number of hydrogen-bond acceptors (Lipinski definition) is 16. The highest BCUT2D eigenvalue weighted by molar-refractivity contribution is 7.89. The van der Waals surface area contributed by atoms with Crippen molar-refractivity contribution >= 4 is 103 Å². The Hall–Kier alpha value is -3.83. The van der Waals surface area contributed by atoms with E-state index >= 15 is 0 Å². The molecule has 422 valence electrons. The number of carboxylic acid groups (broad SMARTS) is 1. The average Bonchev–Trinajstić information content (AvgIpc) is 3.60. The molecule has 2 heterocycles. The van der Waals surface area contributed by atoms with E-state index in [1.165, 1.54) is 12.8 Å². The van der Waals surface area contributed by atoms with Crippen LogP contribution in [0, 0.1) is 22.7 Å². The van der Waals surface area contributed by atoms with Gasteiger partial charge in [-0.1, -0.05) is 129 Å². The van der Waals surface area contributed by atoms with E-state index in [0.717, 1.165) is 6.54 Å². The van der Waals surface area contributed by atoms with Crippen LogP contribution in [0.1, 0.15) is 183 Å². The van der Waals surface area contributed by atoms with E-state index in [2.05, 4.69) is 31.8 Å². The van der Waals surface area contributed by atoms with Gasteiger partial charge in [0.05, 0.1) is 37.3 Å². The largest absolute Gasteiger partial charge is 0.744 e. The molecule has 3 aliphatic carbocycles. The predicted molar refractivity (Wildman–Crippen MR) is 293 cm³/mol. The zero-order valence-corrected chi connectivity index (χ0v) is 48.3. The Labute approximate surface area is 467 Å². The van der Waals surface area contributed by atoms with Crippen LogP contribution in [0.15, 0.2) is 38.8 Å². The lowest BCUT2D eigenvalue weighted by Crippen LogP contribution is -2.36. The summed E-state index contributed by atoms with van der Waals surface area (Å²) in [5, 5.41) is 11.2. The molecule has 2 aliphatic heterocycles. The summed E-state index contributed by atoms with van der Waals surface area (Å²) in [4.78, 5) is 66.5. The minimum absolute atomic E-state index is 0. The van der Waals surface area contributed by atoms with E-state index in [9.17, 15) is 55.0 Å². The van der Waals surface area contributed by atoms with Crippen LogP contribution in [-0.2, 0) is 50.7 Å². The molecular formula is C53H70Cl3N3O14S3-2. The summed E-state index contributed by atoms with van der Waals surface area (Å²) < 4.78 is 88.2.